The first kappa shape index (κ1) is 18.7. The first-order valence-corrected chi connectivity index (χ1v) is 11.1. The molecule has 2 N–H and O–H groups in total. The van der Waals surface area contributed by atoms with E-state index in [4.69, 9.17) is 11.6 Å². The summed E-state index contributed by atoms with van der Waals surface area (Å²) < 4.78 is 0. The van der Waals surface area contributed by atoms with Crippen LogP contribution in [0.4, 0.5) is 0 Å². The third-order valence-electron chi connectivity index (χ3n) is 8.09. The molecule has 28 heavy (non-hydrogen) atoms. The minimum absolute atomic E-state index is 0.0372. The van der Waals surface area contributed by atoms with E-state index in [0.29, 0.717) is 17.3 Å². The molecule has 2 bridgehead atoms. The van der Waals surface area contributed by atoms with Gasteiger partial charge in [-0.05, 0) is 89.2 Å². The molecule has 2 aromatic rings. The van der Waals surface area contributed by atoms with Crippen LogP contribution in [0.2, 0.25) is 5.02 Å². The minimum atomic E-state index is -1.43. The molecule has 0 saturated heterocycles. The van der Waals surface area contributed by atoms with E-state index in [2.05, 4.69) is 38.1 Å². The normalized spacial score (nSPS) is 32.9. The van der Waals surface area contributed by atoms with Crippen LogP contribution in [0, 0.1) is 23.7 Å². The lowest BCUT2D eigenvalue weighted by atomic mass is 9.49. The molecule has 3 aliphatic rings. The van der Waals surface area contributed by atoms with E-state index < -0.39 is 7.12 Å². The second kappa shape index (κ2) is 6.62. The lowest BCUT2D eigenvalue weighted by Gasteiger charge is -2.54. The Morgan fingerprint density at radius 1 is 1.00 bits per heavy atom. The summed E-state index contributed by atoms with van der Waals surface area (Å²) in [6, 6.07) is 12.4. The van der Waals surface area contributed by atoms with Gasteiger partial charge in [0.25, 0.3) is 0 Å². The van der Waals surface area contributed by atoms with Crippen molar-refractivity contribution in [3.05, 3.63) is 52.5 Å². The van der Waals surface area contributed by atoms with E-state index in [9.17, 15) is 10.0 Å². The number of benzene rings is 2. The number of halogens is 1. The number of rotatable bonds is 2. The van der Waals surface area contributed by atoms with Crippen LogP contribution >= 0.6 is 11.6 Å². The summed E-state index contributed by atoms with van der Waals surface area (Å²) in [7, 11) is -1.43. The molecule has 146 valence electrons. The van der Waals surface area contributed by atoms with Gasteiger partial charge in [0, 0.05) is 10.4 Å². The molecule has 5 rings (SSSR count). The van der Waals surface area contributed by atoms with Crippen molar-refractivity contribution >= 4 is 24.2 Å². The second-order valence-electron chi connectivity index (χ2n) is 9.42. The Kier molecular flexibility index (Phi) is 4.43. The molecule has 5 unspecified atom stereocenters. The lowest BCUT2D eigenvalue weighted by molar-refractivity contribution is 0.0368. The zero-order valence-electron chi connectivity index (χ0n) is 16.7. The van der Waals surface area contributed by atoms with Gasteiger partial charge >= 0.3 is 7.12 Å². The molecule has 0 radical (unpaired) electrons. The van der Waals surface area contributed by atoms with Crippen molar-refractivity contribution in [2.45, 2.75) is 51.4 Å². The molecule has 0 amide bonds. The Labute approximate surface area is 173 Å². The Morgan fingerprint density at radius 2 is 1.82 bits per heavy atom. The highest BCUT2D eigenvalue weighted by atomic mass is 35.5. The van der Waals surface area contributed by atoms with E-state index in [1.54, 1.807) is 0 Å². The van der Waals surface area contributed by atoms with E-state index >= 15 is 0 Å². The highest BCUT2D eigenvalue weighted by Crippen LogP contribution is 2.64. The van der Waals surface area contributed by atoms with Gasteiger partial charge in [-0.25, -0.2) is 0 Å². The van der Waals surface area contributed by atoms with Gasteiger partial charge in [-0.15, -0.1) is 0 Å². The molecule has 2 fully saturated rings. The molecule has 2 saturated carbocycles. The van der Waals surface area contributed by atoms with Gasteiger partial charge in [-0.1, -0.05) is 56.1 Å². The second-order valence-corrected chi connectivity index (χ2v) is 9.86. The number of fused-ring (bicyclic) bond motifs is 8. The molecule has 0 aliphatic heterocycles. The van der Waals surface area contributed by atoms with Crippen molar-refractivity contribution < 1.29 is 10.0 Å². The van der Waals surface area contributed by atoms with Crippen molar-refractivity contribution in [1.29, 1.82) is 0 Å². The molecule has 0 aromatic heterocycles. The highest BCUT2D eigenvalue weighted by Gasteiger charge is 2.56. The predicted octanol–water partition coefficient (Wildman–Crippen LogP) is 4.77. The van der Waals surface area contributed by atoms with E-state index in [-0.39, 0.29) is 5.41 Å². The van der Waals surface area contributed by atoms with Crippen LogP contribution in [0.1, 0.15) is 57.1 Å². The molecular formula is C24H28BClO2. The minimum Gasteiger partial charge on any atom is -0.423 e. The summed E-state index contributed by atoms with van der Waals surface area (Å²) >= 11 is 6.41. The van der Waals surface area contributed by atoms with Crippen LogP contribution in [0.3, 0.4) is 0 Å². The van der Waals surface area contributed by atoms with Gasteiger partial charge in [0.15, 0.2) is 0 Å². The average molecular weight is 395 g/mol. The topological polar surface area (TPSA) is 40.5 Å². The maximum atomic E-state index is 9.86. The van der Waals surface area contributed by atoms with Crippen molar-refractivity contribution in [1.82, 2.24) is 0 Å². The largest absolute Gasteiger partial charge is 0.488 e. The van der Waals surface area contributed by atoms with Crippen molar-refractivity contribution in [2.75, 3.05) is 0 Å². The molecule has 2 aromatic carbocycles. The Bertz CT molecular complexity index is 925. The summed E-state index contributed by atoms with van der Waals surface area (Å²) in [4.78, 5) is 0. The summed E-state index contributed by atoms with van der Waals surface area (Å²) in [6.45, 7) is 4.75. The number of hydrogen-bond donors (Lipinski definition) is 2. The summed E-state index contributed by atoms with van der Waals surface area (Å²) in [6.07, 6.45) is 6.44. The van der Waals surface area contributed by atoms with Crippen molar-refractivity contribution in [3.63, 3.8) is 0 Å². The standard InChI is InChI=1S/C24H28BClO2/c1-3-15-9-16-8-14(2)24(17(10-15)11-16)22-7-5-19(26)13-21(22)20-6-4-18(25(27)28)12-23(20)24/h4-7,12-17,27-28H,3,8-11H2,1-2H3. The quantitative estimate of drug-likeness (QED) is 0.720. The van der Waals surface area contributed by atoms with E-state index in [1.807, 2.05) is 12.1 Å². The fraction of sp³-hybridized carbons (Fsp3) is 0.500. The molecule has 5 atom stereocenters. The summed E-state index contributed by atoms with van der Waals surface area (Å²) in [5, 5.41) is 20.5. The van der Waals surface area contributed by atoms with Gasteiger partial charge in [0.05, 0.1) is 0 Å². The van der Waals surface area contributed by atoms with Crippen LogP contribution in [0.25, 0.3) is 11.1 Å². The fourth-order valence-corrected chi connectivity index (χ4v) is 7.24. The van der Waals surface area contributed by atoms with Gasteiger partial charge in [0.1, 0.15) is 0 Å². The van der Waals surface area contributed by atoms with E-state index in [0.717, 1.165) is 16.9 Å². The molecule has 1 spiro atoms. The molecule has 4 heteroatoms. The lowest BCUT2D eigenvalue weighted by Crippen LogP contribution is -2.50. The fourth-order valence-electron chi connectivity index (χ4n) is 7.07. The Morgan fingerprint density at radius 3 is 2.57 bits per heavy atom. The van der Waals surface area contributed by atoms with Crippen LogP contribution in [-0.4, -0.2) is 17.2 Å². The van der Waals surface area contributed by atoms with Crippen LogP contribution in [0.15, 0.2) is 36.4 Å². The van der Waals surface area contributed by atoms with Crippen LogP contribution < -0.4 is 5.46 Å². The van der Waals surface area contributed by atoms with Crippen molar-refractivity contribution in [3.8, 4) is 11.1 Å². The SMILES string of the molecule is CCC1CC2CC(C)C3(c4ccc(Cl)cc4-c4ccc(B(O)O)cc43)C(C1)C2. The maximum Gasteiger partial charge on any atom is 0.488 e. The molecule has 2 nitrogen and oxygen atoms in total. The van der Waals surface area contributed by atoms with Gasteiger partial charge in [-0.3, -0.25) is 0 Å². The van der Waals surface area contributed by atoms with Crippen molar-refractivity contribution in [2.24, 2.45) is 23.7 Å². The number of hydrogen-bond acceptors (Lipinski definition) is 2. The summed E-state index contributed by atoms with van der Waals surface area (Å²) in [5.41, 5.74) is 5.72. The van der Waals surface area contributed by atoms with Gasteiger partial charge < -0.3 is 10.0 Å². The average Bonchev–Trinajstić information content (AvgIpc) is 2.96. The molecule has 0 heterocycles. The van der Waals surface area contributed by atoms with Crippen LogP contribution in [-0.2, 0) is 5.41 Å². The highest BCUT2D eigenvalue weighted by molar-refractivity contribution is 6.58. The Hall–Kier alpha value is -1.29. The molecular weight excluding hydrogens is 367 g/mol. The predicted molar refractivity (Wildman–Crippen MR) is 116 cm³/mol. The monoisotopic (exact) mass is 394 g/mol. The van der Waals surface area contributed by atoms with Gasteiger partial charge in [-0.2, -0.15) is 0 Å². The zero-order chi connectivity index (χ0) is 19.6. The Balaban J connectivity index is 1.77. The zero-order valence-corrected chi connectivity index (χ0v) is 17.4. The van der Waals surface area contributed by atoms with Gasteiger partial charge in [0.2, 0.25) is 0 Å². The maximum absolute atomic E-state index is 9.86. The third-order valence-corrected chi connectivity index (χ3v) is 8.33. The van der Waals surface area contributed by atoms with E-state index in [1.165, 1.54) is 54.4 Å². The smallest absolute Gasteiger partial charge is 0.423 e. The third kappa shape index (κ3) is 2.49. The first-order chi connectivity index (χ1) is 13.4. The molecule has 3 aliphatic carbocycles. The summed E-state index contributed by atoms with van der Waals surface area (Å²) in [5.74, 6) is 2.77. The first-order valence-electron chi connectivity index (χ1n) is 10.8. The van der Waals surface area contributed by atoms with Crippen LogP contribution in [0.5, 0.6) is 0 Å².